The SMILES string of the molecule is COCCCC(N)c1nc(N2CCCCC2)no1. The van der Waals surface area contributed by atoms with Crippen molar-refractivity contribution in [2.75, 3.05) is 31.7 Å². The van der Waals surface area contributed by atoms with Crippen molar-refractivity contribution < 1.29 is 9.26 Å². The number of nitrogens with two attached hydrogens (primary N) is 1. The molecule has 1 unspecified atom stereocenters. The molecule has 0 radical (unpaired) electrons. The lowest BCUT2D eigenvalue weighted by Gasteiger charge is -2.24. The summed E-state index contributed by atoms with van der Waals surface area (Å²) in [6.07, 6.45) is 5.39. The molecule has 0 spiro atoms. The molecular formula is C12H22N4O2. The van der Waals surface area contributed by atoms with Gasteiger partial charge in [0, 0.05) is 26.8 Å². The van der Waals surface area contributed by atoms with Crippen molar-refractivity contribution in [3.8, 4) is 0 Å². The molecule has 0 saturated carbocycles. The highest BCUT2D eigenvalue weighted by Gasteiger charge is 2.19. The Bertz CT molecular complexity index is 350. The van der Waals surface area contributed by atoms with Gasteiger partial charge >= 0.3 is 0 Å². The molecule has 0 aliphatic carbocycles. The maximum absolute atomic E-state index is 6.01. The van der Waals surface area contributed by atoms with Crippen LogP contribution in [-0.4, -0.2) is 36.9 Å². The second kappa shape index (κ2) is 6.70. The smallest absolute Gasteiger partial charge is 0.266 e. The Balaban J connectivity index is 1.88. The molecule has 2 rings (SSSR count). The lowest BCUT2D eigenvalue weighted by atomic mass is 10.1. The molecule has 1 saturated heterocycles. The van der Waals surface area contributed by atoms with E-state index in [9.17, 15) is 0 Å². The number of piperidine rings is 1. The largest absolute Gasteiger partial charge is 0.385 e. The van der Waals surface area contributed by atoms with Crippen LogP contribution in [0.15, 0.2) is 4.52 Å². The van der Waals surface area contributed by atoms with E-state index in [4.69, 9.17) is 15.0 Å². The molecule has 18 heavy (non-hydrogen) atoms. The predicted octanol–water partition coefficient (Wildman–Crippen LogP) is 1.49. The van der Waals surface area contributed by atoms with Crippen LogP contribution >= 0.6 is 0 Å². The van der Waals surface area contributed by atoms with Crippen molar-refractivity contribution in [2.45, 2.75) is 38.1 Å². The van der Waals surface area contributed by atoms with Gasteiger partial charge in [-0.2, -0.15) is 4.98 Å². The van der Waals surface area contributed by atoms with Crippen LogP contribution < -0.4 is 10.6 Å². The van der Waals surface area contributed by atoms with E-state index in [-0.39, 0.29) is 6.04 Å². The van der Waals surface area contributed by atoms with Crippen molar-refractivity contribution >= 4 is 5.95 Å². The maximum Gasteiger partial charge on any atom is 0.266 e. The molecule has 102 valence electrons. The van der Waals surface area contributed by atoms with Gasteiger partial charge in [-0.1, -0.05) is 0 Å². The number of anilines is 1. The van der Waals surface area contributed by atoms with Crippen LogP contribution in [0.5, 0.6) is 0 Å². The zero-order valence-corrected chi connectivity index (χ0v) is 11.0. The van der Waals surface area contributed by atoms with E-state index in [0.717, 1.165) is 25.9 Å². The van der Waals surface area contributed by atoms with Gasteiger partial charge in [0.2, 0.25) is 5.89 Å². The van der Waals surface area contributed by atoms with Crippen LogP contribution in [0.25, 0.3) is 0 Å². The number of methoxy groups -OCH3 is 1. The lowest BCUT2D eigenvalue weighted by molar-refractivity contribution is 0.188. The maximum atomic E-state index is 6.01. The first-order valence-corrected chi connectivity index (χ1v) is 6.64. The first-order valence-electron chi connectivity index (χ1n) is 6.64. The quantitative estimate of drug-likeness (QED) is 0.775. The van der Waals surface area contributed by atoms with Gasteiger partial charge in [-0.15, -0.1) is 0 Å². The van der Waals surface area contributed by atoms with E-state index >= 15 is 0 Å². The number of nitrogens with zero attached hydrogens (tertiary/aromatic N) is 3. The molecule has 1 fully saturated rings. The highest BCUT2D eigenvalue weighted by molar-refractivity contribution is 5.28. The van der Waals surface area contributed by atoms with Crippen molar-refractivity contribution in [2.24, 2.45) is 5.73 Å². The van der Waals surface area contributed by atoms with Crippen LogP contribution in [0.2, 0.25) is 0 Å². The fraction of sp³-hybridized carbons (Fsp3) is 0.833. The number of aromatic nitrogens is 2. The average Bonchev–Trinajstić information content (AvgIpc) is 2.89. The Morgan fingerprint density at radius 3 is 2.89 bits per heavy atom. The summed E-state index contributed by atoms with van der Waals surface area (Å²) in [6.45, 7) is 2.73. The van der Waals surface area contributed by atoms with Gasteiger partial charge in [0.15, 0.2) is 0 Å². The minimum atomic E-state index is -0.189. The van der Waals surface area contributed by atoms with Crippen LogP contribution in [0.4, 0.5) is 5.95 Å². The molecule has 1 aliphatic rings. The van der Waals surface area contributed by atoms with E-state index in [0.29, 0.717) is 18.4 Å². The fourth-order valence-electron chi connectivity index (χ4n) is 2.17. The molecule has 1 aromatic heterocycles. The molecule has 0 aromatic carbocycles. The third kappa shape index (κ3) is 3.43. The summed E-state index contributed by atoms with van der Waals surface area (Å²) in [5.74, 6) is 1.22. The topological polar surface area (TPSA) is 77.4 Å². The summed E-state index contributed by atoms with van der Waals surface area (Å²) in [7, 11) is 1.69. The Hall–Kier alpha value is -1.14. The molecule has 6 heteroatoms. The monoisotopic (exact) mass is 254 g/mol. The Morgan fingerprint density at radius 2 is 2.17 bits per heavy atom. The van der Waals surface area contributed by atoms with Crippen molar-refractivity contribution in [3.05, 3.63) is 5.89 Å². The molecule has 2 N–H and O–H groups in total. The van der Waals surface area contributed by atoms with Gasteiger partial charge in [-0.05, 0) is 37.3 Å². The van der Waals surface area contributed by atoms with E-state index in [1.54, 1.807) is 7.11 Å². The second-order valence-electron chi connectivity index (χ2n) is 4.72. The Kier molecular flexibility index (Phi) is 4.95. The van der Waals surface area contributed by atoms with Crippen molar-refractivity contribution in [1.82, 2.24) is 10.1 Å². The zero-order valence-electron chi connectivity index (χ0n) is 11.0. The normalized spacial score (nSPS) is 18.0. The molecule has 6 nitrogen and oxygen atoms in total. The summed E-state index contributed by atoms with van der Waals surface area (Å²) in [5.41, 5.74) is 6.01. The van der Waals surface area contributed by atoms with Gasteiger partial charge in [0.1, 0.15) is 0 Å². The van der Waals surface area contributed by atoms with Gasteiger partial charge in [0.25, 0.3) is 5.95 Å². The van der Waals surface area contributed by atoms with Gasteiger partial charge in [-0.25, -0.2) is 0 Å². The highest BCUT2D eigenvalue weighted by atomic mass is 16.5. The molecule has 1 aromatic rings. The van der Waals surface area contributed by atoms with Gasteiger partial charge in [0.05, 0.1) is 6.04 Å². The third-order valence-electron chi connectivity index (χ3n) is 3.25. The van der Waals surface area contributed by atoms with Crippen LogP contribution in [-0.2, 0) is 4.74 Å². The van der Waals surface area contributed by atoms with Crippen molar-refractivity contribution in [1.29, 1.82) is 0 Å². The van der Waals surface area contributed by atoms with Crippen molar-refractivity contribution in [3.63, 3.8) is 0 Å². The lowest BCUT2D eigenvalue weighted by Crippen LogP contribution is -2.30. The van der Waals surface area contributed by atoms with E-state index in [1.165, 1.54) is 19.3 Å². The Morgan fingerprint density at radius 1 is 1.39 bits per heavy atom. The zero-order chi connectivity index (χ0) is 12.8. The summed E-state index contributed by atoms with van der Waals surface area (Å²) < 4.78 is 10.2. The molecule has 1 atom stereocenters. The molecule has 2 heterocycles. The second-order valence-corrected chi connectivity index (χ2v) is 4.72. The Labute approximate surface area is 107 Å². The highest BCUT2D eigenvalue weighted by Crippen LogP contribution is 2.20. The molecule has 0 amide bonds. The standard InChI is InChI=1S/C12H22N4O2/c1-17-9-5-6-10(13)11-14-12(15-18-11)16-7-3-2-4-8-16/h10H,2-9,13H2,1H3. The van der Waals surface area contributed by atoms with Crippen LogP contribution in [0.1, 0.15) is 44.0 Å². The minimum absolute atomic E-state index is 0.189. The molecular weight excluding hydrogens is 232 g/mol. The summed E-state index contributed by atoms with van der Waals surface area (Å²) in [4.78, 5) is 6.56. The number of ether oxygens (including phenoxy) is 1. The summed E-state index contributed by atoms with van der Waals surface area (Å²) >= 11 is 0. The predicted molar refractivity (Wildman–Crippen MR) is 68.4 cm³/mol. The average molecular weight is 254 g/mol. The third-order valence-corrected chi connectivity index (χ3v) is 3.25. The first kappa shape index (κ1) is 13.3. The summed E-state index contributed by atoms with van der Waals surface area (Å²) in [6, 6.07) is -0.189. The van der Waals surface area contributed by atoms with E-state index in [2.05, 4.69) is 15.0 Å². The van der Waals surface area contributed by atoms with Gasteiger partial charge in [-0.3, -0.25) is 0 Å². The van der Waals surface area contributed by atoms with Crippen LogP contribution in [0, 0.1) is 0 Å². The molecule has 0 bridgehead atoms. The van der Waals surface area contributed by atoms with Gasteiger partial charge < -0.3 is 19.9 Å². The fourth-order valence-corrected chi connectivity index (χ4v) is 2.17. The minimum Gasteiger partial charge on any atom is -0.385 e. The van der Waals surface area contributed by atoms with E-state index < -0.39 is 0 Å². The summed E-state index contributed by atoms with van der Waals surface area (Å²) in [5, 5.41) is 4.02. The number of hydrogen-bond donors (Lipinski definition) is 1. The van der Waals surface area contributed by atoms with E-state index in [1.807, 2.05) is 0 Å². The number of hydrogen-bond acceptors (Lipinski definition) is 6. The van der Waals surface area contributed by atoms with Crippen LogP contribution in [0.3, 0.4) is 0 Å². The molecule has 1 aliphatic heterocycles. The first-order chi connectivity index (χ1) is 8.81. The number of rotatable bonds is 6.